The van der Waals surface area contributed by atoms with Crippen LogP contribution in [-0.2, 0) is 0 Å². The SMILES string of the molecule is Nc1nc(C2CC2)nc(N2CCN(c3nncs3)CC2)n1. The molecule has 0 atom stereocenters. The minimum absolute atomic E-state index is 0.327. The molecule has 1 saturated heterocycles. The molecule has 2 fully saturated rings. The first-order valence-corrected chi connectivity index (χ1v) is 7.95. The van der Waals surface area contributed by atoms with Crippen LogP contribution in [0.5, 0.6) is 0 Å². The first kappa shape index (κ1) is 12.7. The standard InChI is InChI=1S/C12H16N8S/c13-10-15-9(8-1-2-8)16-11(17-10)19-3-5-20(6-4-19)12-18-14-7-21-12/h7-8H,1-6H2,(H2,13,15,16,17). The summed E-state index contributed by atoms with van der Waals surface area (Å²) in [4.78, 5) is 17.5. The van der Waals surface area contributed by atoms with Crippen molar-refractivity contribution in [2.75, 3.05) is 41.7 Å². The van der Waals surface area contributed by atoms with Gasteiger partial charge >= 0.3 is 0 Å². The van der Waals surface area contributed by atoms with Crippen molar-refractivity contribution >= 4 is 28.4 Å². The topological polar surface area (TPSA) is 97.0 Å². The quantitative estimate of drug-likeness (QED) is 0.876. The molecule has 0 unspecified atom stereocenters. The van der Waals surface area contributed by atoms with Gasteiger partial charge < -0.3 is 15.5 Å². The van der Waals surface area contributed by atoms with Gasteiger partial charge in [-0.25, -0.2) is 0 Å². The number of nitrogen functional groups attached to an aromatic ring is 1. The van der Waals surface area contributed by atoms with Gasteiger partial charge in [-0.2, -0.15) is 15.0 Å². The second kappa shape index (κ2) is 5.06. The van der Waals surface area contributed by atoms with E-state index in [0.717, 1.165) is 50.0 Å². The average molecular weight is 304 g/mol. The van der Waals surface area contributed by atoms with Crippen LogP contribution in [0.25, 0.3) is 0 Å². The molecule has 0 radical (unpaired) electrons. The third-order valence-corrected chi connectivity index (χ3v) is 4.53. The van der Waals surface area contributed by atoms with Crippen LogP contribution < -0.4 is 15.5 Å². The second-order valence-corrected chi connectivity index (χ2v) is 6.13. The Morgan fingerprint density at radius 3 is 2.48 bits per heavy atom. The molecule has 2 aromatic heterocycles. The molecule has 2 N–H and O–H groups in total. The van der Waals surface area contributed by atoms with Crippen molar-refractivity contribution in [2.24, 2.45) is 0 Å². The second-order valence-electron chi connectivity index (χ2n) is 5.32. The van der Waals surface area contributed by atoms with E-state index in [1.807, 2.05) is 0 Å². The smallest absolute Gasteiger partial charge is 0.230 e. The molecule has 110 valence electrons. The fraction of sp³-hybridized carbons (Fsp3) is 0.583. The summed E-state index contributed by atoms with van der Waals surface area (Å²) in [6, 6.07) is 0. The molecular formula is C12H16N8S. The highest BCUT2D eigenvalue weighted by molar-refractivity contribution is 7.13. The summed E-state index contributed by atoms with van der Waals surface area (Å²) in [7, 11) is 0. The van der Waals surface area contributed by atoms with Crippen LogP contribution in [0.15, 0.2) is 5.51 Å². The van der Waals surface area contributed by atoms with Crippen molar-refractivity contribution < 1.29 is 0 Å². The van der Waals surface area contributed by atoms with Crippen LogP contribution in [0.1, 0.15) is 24.6 Å². The van der Waals surface area contributed by atoms with E-state index in [9.17, 15) is 0 Å². The summed E-state index contributed by atoms with van der Waals surface area (Å²) in [5.74, 6) is 2.37. The number of nitrogens with two attached hydrogens (primary N) is 1. The zero-order chi connectivity index (χ0) is 14.2. The highest BCUT2D eigenvalue weighted by Crippen LogP contribution is 2.38. The number of aromatic nitrogens is 5. The molecule has 0 amide bonds. The molecule has 9 heteroatoms. The summed E-state index contributed by atoms with van der Waals surface area (Å²) >= 11 is 1.57. The zero-order valence-electron chi connectivity index (χ0n) is 11.5. The van der Waals surface area contributed by atoms with Crippen LogP contribution in [-0.4, -0.2) is 51.3 Å². The van der Waals surface area contributed by atoms with E-state index >= 15 is 0 Å². The van der Waals surface area contributed by atoms with E-state index in [0.29, 0.717) is 17.8 Å². The van der Waals surface area contributed by atoms with Gasteiger partial charge in [0, 0.05) is 32.1 Å². The molecule has 0 bridgehead atoms. The molecular weight excluding hydrogens is 288 g/mol. The molecule has 21 heavy (non-hydrogen) atoms. The minimum atomic E-state index is 0.327. The highest BCUT2D eigenvalue weighted by atomic mass is 32.1. The van der Waals surface area contributed by atoms with E-state index in [4.69, 9.17) is 5.73 Å². The summed E-state index contributed by atoms with van der Waals surface area (Å²) < 4.78 is 0. The van der Waals surface area contributed by atoms with Crippen molar-refractivity contribution in [3.8, 4) is 0 Å². The fourth-order valence-corrected chi connectivity index (χ4v) is 3.08. The monoisotopic (exact) mass is 304 g/mol. The molecule has 0 spiro atoms. The molecule has 2 aromatic rings. The number of hydrogen-bond acceptors (Lipinski definition) is 9. The lowest BCUT2D eigenvalue weighted by Crippen LogP contribution is -2.47. The van der Waals surface area contributed by atoms with Gasteiger partial charge in [-0.3, -0.25) is 0 Å². The van der Waals surface area contributed by atoms with Gasteiger partial charge in [-0.1, -0.05) is 11.3 Å². The molecule has 4 rings (SSSR count). The summed E-state index contributed by atoms with van der Waals surface area (Å²) in [6.45, 7) is 3.49. The first-order valence-electron chi connectivity index (χ1n) is 7.07. The van der Waals surface area contributed by atoms with E-state index in [1.165, 1.54) is 0 Å². The average Bonchev–Trinajstić information content (AvgIpc) is 3.22. The van der Waals surface area contributed by atoms with Crippen LogP contribution in [0, 0.1) is 0 Å². The minimum Gasteiger partial charge on any atom is -0.368 e. The number of piperazine rings is 1. The van der Waals surface area contributed by atoms with Gasteiger partial charge in [0.25, 0.3) is 0 Å². The van der Waals surface area contributed by atoms with Crippen molar-refractivity contribution in [1.82, 2.24) is 25.1 Å². The Morgan fingerprint density at radius 2 is 1.81 bits per heavy atom. The van der Waals surface area contributed by atoms with Crippen LogP contribution in [0.4, 0.5) is 17.0 Å². The zero-order valence-corrected chi connectivity index (χ0v) is 12.3. The Balaban J connectivity index is 1.48. The third-order valence-electron chi connectivity index (χ3n) is 3.78. The number of hydrogen-bond donors (Lipinski definition) is 1. The number of nitrogens with zero attached hydrogens (tertiary/aromatic N) is 7. The van der Waals surface area contributed by atoms with E-state index in [2.05, 4.69) is 34.9 Å². The Morgan fingerprint density at radius 1 is 1.05 bits per heavy atom. The Labute approximate surface area is 126 Å². The lowest BCUT2D eigenvalue weighted by atomic mass is 10.3. The van der Waals surface area contributed by atoms with Gasteiger partial charge in [0.05, 0.1) is 0 Å². The predicted molar refractivity (Wildman–Crippen MR) is 80.5 cm³/mol. The summed E-state index contributed by atoms with van der Waals surface area (Å²) in [5.41, 5.74) is 7.58. The molecule has 1 saturated carbocycles. The van der Waals surface area contributed by atoms with Crippen LogP contribution >= 0.6 is 11.3 Å². The Bertz CT molecular complexity index is 618. The van der Waals surface area contributed by atoms with Crippen molar-refractivity contribution in [3.05, 3.63) is 11.3 Å². The largest absolute Gasteiger partial charge is 0.368 e. The number of anilines is 3. The first-order chi connectivity index (χ1) is 10.3. The van der Waals surface area contributed by atoms with E-state index in [1.54, 1.807) is 16.8 Å². The van der Waals surface area contributed by atoms with Gasteiger partial charge in [0.1, 0.15) is 11.3 Å². The summed E-state index contributed by atoms with van der Waals surface area (Å²) in [5, 5.41) is 8.98. The van der Waals surface area contributed by atoms with Gasteiger partial charge in [0.2, 0.25) is 17.0 Å². The maximum atomic E-state index is 5.82. The lowest BCUT2D eigenvalue weighted by Gasteiger charge is -2.34. The van der Waals surface area contributed by atoms with Gasteiger partial charge in [0.15, 0.2) is 0 Å². The van der Waals surface area contributed by atoms with Crippen molar-refractivity contribution in [3.63, 3.8) is 0 Å². The third kappa shape index (κ3) is 2.60. The fourth-order valence-electron chi connectivity index (χ4n) is 2.47. The maximum Gasteiger partial charge on any atom is 0.230 e. The molecule has 8 nitrogen and oxygen atoms in total. The Kier molecular flexibility index (Phi) is 3.06. The number of rotatable bonds is 3. The van der Waals surface area contributed by atoms with Crippen molar-refractivity contribution in [2.45, 2.75) is 18.8 Å². The van der Waals surface area contributed by atoms with Gasteiger partial charge in [-0.05, 0) is 12.8 Å². The molecule has 2 aliphatic rings. The van der Waals surface area contributed by atoms with Crippen LogP contribution in [0.3, 0.4) is 0 Å². The molecule has 0 aromatic carbocycles. The Hall–Kier alpha value is -2.03. The van der Waals surface area contributed by atoms with E-state index in [-0.39, 0.29) is 0 Å². The molecule has 1 aliphatic carbocycles. The van der Waals surface area contributed by atoms with Crippen molar-refractivity contribution in [1.29, 1.82) is 0 Å². The normalized spacial score (nSPS) is 19.0. The molecule has 1 aliphatic heterocycles. The highest BCUT2D eigenvalue weighted by Gasteiger charge is 2.29. The summed E-state index contributed by atoms with van der Waals surface area (Å²) in [6.07, 6.45) is 2.32. The van der Waals surface area contributed by atoms with Crippen LogP contribution in [0.2, 0.25) is 0 Å². The molecule has 3 heterocycles. The lowest BCUT2D eigenvalue weighted by molar-refractivity contribution is 0.633. The maximum absolute atomic E-state index is 5.82. The predicted octanol–water partition coefficient (Wildman–Crippen LogP) is 0.509. The van der Waals surface area contributed by atoms with Gasteiger partial charge in [-0.15, -0.1) is 10.2 Å². The van der Waals surface area contributed by atoms with E-state index < -0.39 is 0 Å².